The first kappa shape index (κ1) is 19.3. The molecule has 0 fully saturated rings. The summed E-state index contributed by atoms with van der Waals surface area (Å²) < 4.78 is 5.53. The van der Waals surface area contributed by atoms with Crippen molar-refractivity contribution in [3.8, 4) is 11.8 Å². The maximum absolute atomic E-state index is 12.5. The zero-order valence-electron chi connectivity index (χ0n) is 15.6. The third-order valence-corrected chi connectivity index (χ3v) is 4.88. The smallest absolute Gasteiger partial charge is 0.321 e. The molecule has 0 spiro atoms. The molecule has 0 radical (unpaired) electrons. The highest BCUT2D eigenvalue weighted by atomic mass is 32.1. The van der Waals surface area contributed by atoms with Crippen molar-refractivity contribution in [1.29, 1.82) is 0 Å². The van der Waals surface area contributed by atoms with Gasteiger partial charge in [0.1, 0.15) is 5.75 Å². The van der Waals surface area contributed by atoms with Crippen LogP contribution in [-0.2, 0) is 0 Å². The number of ether oxygens (including phenoxy) is 1. The molecule has 0 aliphatic carbocycles. The van der Waals surface area contributed by atoms with Gasteiger partial charge in [-0.1, -0.05) is 6.07 Å². The molecule has 7 nitrogen and oxygen atoms in total. The van der Waals surface area contributed by atoms with Crippen molar-refractivity contribution in [3.05, 3.63) is 94.9 Å². The molecule has 0 saturated heterocycles. The number of hydrogen-bond acceptors (Lipinski definition) is 6. The SMILES string of the molecule is O=C(Nc1ccc(Oc2ncccn2)cc1)c1ccc(NC(=O)c2cccs2)cc1. The van der Waals surface area contributed by atoms with Crippen LogP contribution < -0.4 is 15.4 Å². The maximum atomic E-state index is 12.5. The van der Waals surface area contributed by atoms with Crippen molar-refractivity contribution in [1.82, 2.24) is 9.97 Å². The summed E-state index contributed by atoms with van der Waals surface area (Å²) >= 11 is 1.37. The van der Waals surface area contributed by atoms with E-state index in [9.17, 15) is 9.59 Å². The topological polar surface area (TPSA) is 93.2 Å². The van der Waals surface area contributed by atoms with E-state index in [1.54, 1.807) is 73.1 Å². The second-order valence-corrected chi connectivity index (χ2v) is 7.07. The molecular formula is C22H16N4O3S. The van der Waals surface area contributed by atoms with Gasteiger partial charge in [0.2, 0.25) is 0 Å². The van der Waals surface area contributed by atoms with Crippen LogP contribution in [-0.4, -0.2) is 21.8 Å². The molecule has 8 heteroatoms. The molecule has 2 heterocycles. The van der Waals surface area contributed by atoms with Gasteiger partial charge in [0.15, 0.2) is 0 Å². The predicted octanol–water partition coefficient (Wildman–Crippen LogP) is 4.84. The maximum Gasteiger partial charge on any atom is 0.321 e. The lowest BCUT2D eigenvalue weighted by Gasteiger charge is -2.08. The lowest BCUT2D eigenvalue weighted by atomic mass is 10.2. The fourth-order valence-corrected chi connectivity index (χ4v) is 3.18. The highest BCUT2D eigenvalue weighted by Gasteiger charge is 2.09. The molecule has 148 valence electrons. The van der Waals surface area contributed by atoms with Crippen molar-refractivity contribution in [2.75, 3.05) is 10.6 Å². The van der Waals surface area contributed by atoms with Crippen molar-refractivity contribution >= 4 is 34.5 Å². The van der Waals surface area contributed by atoms with Crippen LogP contribution in [0.25, 0.3) is 0 Å². The van der Waals surface area contributed by atoms with E-state index in [0.29, 0.717) is 27.6 Å². The van der Waals surface area contributed by atoms with E-state index in [2.05, 4.69) is 20.6 Å². The number of aromatic nitrogens is 2. The Bertz CT molecular complexity index is 1130. The summed E-state index contributed by atoms with van der Waals surface area (Å²) in [6, 6.07) is 19.1. The molecule has 4 aromatic rings. The number of hydrogen-bond donors (Lipinski definition) is 2. The lowest BCUT2D eigenvalue weighted by Crippen LogP contribution is -2.13. The van der Waals surface area contributed by atoms with Crippen LogP contribution in [0, 0.1) is 0 Å². The number of carbonyl (C=O) groups excluding carboxylic acids is 2. The van der Waals surface area contributed by atoms with Gasteiger partial charge in [0.25, 0.3) is 11.8 Å². The number of carbonyl (C=O) groups is 2. The second kappa shape index (κ2) is 8.97. The van der Waals surface area contributed by atoms with Crippen LogP contribution in [0.5, 0.6) is 11.8 Å². The largest absolute Gasteiger partial charge is 0.424 e. The van der Waals surface area contributed by atoms with Gasteiger partial charge in [0.05, 0.1) is 4.88 Å². The molecule has 2 N–H and O–H groups in total. The van der Waals surface area contributed by atoms with E-state index in [1.807, 2.05) is 11.4 Å². The van der Waals surface area contributed by atoms with Gasteiger partial charge < -0.3 is 15.4 Å². The number of nitrogens with one attached hydrogen (secondary N) is 2. The van der Waals surface area contributed by atoms with Gasteiger partial charge in [0, 0.05) is 29.3 Å². The molecule has 2 amide bonds. The number of rotatable bonds is 6. The molecule has 0 aliphatic rings. The first-order valence-electron chi connectivity index (χ1n) is 8.98. The molecule has 0 bridgehead atoms. The van der Waals surface area contributed by atoms with Gasteiger partial charge in [-0.05, 0) is 66.0 Å². The van der Waals surface area contributed by atoms with Gasteiger partial charge in [-0.3, -0.25) is 9.59 Å². The fraction of sp³-hybridized carbons (Fsp3) is 0. The zero-order valence-corrected chi connectivity index (χ0v) is 16.4. The van der Waals surface area contributed by atoms with Crippen LogP contribution in [0.15, 0.2) is 84.5 Å². The molecule has 2 aromatic carbocycles. The van der Waals surface area contributed by atoms with Crippen molar-refractivity contribution in [2.45, 2.75) is 0 Å². The van der Waals surface area contributed by atoms with E-state index < -0.39 is 0 Å². The molecule has 0 saturated carbocycles. The molecule has 30 heavy (non-hydrogen) atoms. The average molecular weight is 416 g/mol. The van der Waals surface area contributed by atoms with Gasteiger partial charge in [-0.2, -0.15) is 0 Å². The third-order valence-electron chi connectivity index (χ3n) is 4.01. The summed E-state index contributed by atoms with van der Waals surface area (Å²) in [6.07, 6.45) is 3.19. The van der Waals surface area contributed by atoms with Crippen LogP contribution in [0.1, 0.15) is 20.0 Å². The Kier molecular flexibility index (Phi) is 5.77. The Labute approximate surface area is 176 Å². The summed E-state index contributed by atoms with van der Waals surface area (Å²) in [6.45, 7) is 0. The normalized spacial score (nSPS) is 10.3. The van der Waals surface area contributed by atoms with Crippen LogP contribution in [0.3, 0.4) is 0 Å². The number of thiophene rings is 1. The molecule has 4 rings (SSSR count). The van der Waals surface area contributed by atoms with E-state index in [4.69, 9.17) is 4.74 Å². The second-order valence-electron chi connectivity index (χ2n) is 6.12. The predicted molar refractivity (Wildman–Crippen MR) is 115 cm³/mol. The Morgan fingerprint density at radius 1 is 0.767 bits per heavy atom. The zero-order chi connectivity index (χ0) is 20.8. The molecule has 0 atom stereocenters. The highest BCUT2D eigenvalue weighted by Crippen LogP contribution is 2.21. The summed E-state index contributed by atoms with van der Waals surface area (Å²) in [7, 11) is 0. The Morgan fingerprint density at radius 3 is 2.03 bits per heavy atom. The minimum absolute atomic E-state index is 0.176. The molecular weight excluding hydrogens is 400 g/mol. The number of amides is 2. The van der Waals surface area contributed by atoms with E-state index >= 15 is 0 Å². The molecule has 0 aliphatic heterocycles. The van der Waals surface area contributed by atoms with E-state index in [0.717, 1.165) is 0 Å². The van der Waals surface area contributed by atoms with Crippen LogP contribution >= 0.6 is 11.3 Å². The number of benzene rings is 2. The number of nitrogens with zero attached hydrogens (tertiary/aromatic N) is 2. The minimum Gasteiger partial charge on any atom is -0.424 e. The monoisotopic (exact) mass is 416 g/mol. The molecule has 2 aromatic heterocycles. The summed E-state index contributed by atoms with van der Waals surface area (Å²) in [5.74, 6) is 0.127. The number of anilines is 2. The van der Waals surface area contributed by atoms with Crippen molar-refractivity contribution < 1.29 is 14.3 Å². The van der Waals surface area contributed by atoms with E-state index in [1.165, 1.54) is 11.3 Å². The molecule has 0 unspecified atom stereocenters. The quantitative estimate of drug-likeness (QED) is 0.469. The average Bonchev–Trinajstić information content (AvgIpc) is 3.32. The standard InChI is InChI=1S/C22H16N4O3S/c27-20(15-4-6-16(7-5-15)26-21(28)19-3-1-14-30-19)25-17-8-10-18(11-9-17)29-22-23-12-2-13-24-22/h1-14H,(H,25,27)(H,26,28). The summed E-state index contributed by atoms with van der Waals surface area (Å²) in [4.78, 5) is 33.2. The summed E-state index contributed by atoms with van der Waals surface area (Å²) in [5.41, 5.74) is 1.72. The van der Waals surface area contributed by atoms with E-state index in [-0.39, 0.29) is 17.8 Å². The Morgan fingerprint density at radius 2 is 1.40 bits per heavy atom. The Balaban J connectivity index is 1.35. The van der Waals surface area contributed by atoms with Crippen LogP contribution in [0.4, 0.5) is 11.4 Å². The lowest BCUT2D eigenvalue weighted by molar-refractivity contribution is 0.102. The minimum atomic E-state index is -0.258. The van der Waals surface area contributed by atoms with Crippen LogP contribution in [0.2, 0.25) is 0 Å². The van der Waals surface area contributed by atoms with Crippen molar-refractivity contribution in [3.63, 3.8) is 0 Å². The van der Waals surface area contributed by atoms with Gasteiger partial charge in [-0.25, -0.2) is 9.97 Å². The highest BCUT2D eigenvalue weighted by molar-refractivity contribution is 7.12. The fourth-order valence-electron chi connectivity index (χ4n) is 2.56. The third kappa shape index (κ3) is 4.86. The van der Waals surface area contributed by atoms with Gasteiger partial charge >= 0.3 is 6.01 Å². The first-order chi connectivity index (χ1) is 14.7. The van der Waals surface area contributed by atoms with Gasteiger partial charge in [-0.15, -0.1) is 11.3 Å². The first-order valence-corrected chi connectivity index (χ1v) is 9.86. The summed E-state index contributed by atoms with van der Waals surface area (Å²) in [5, 5.41) is 7.47. The van der Waals surface area contributed by atoms with Crippen molar-refractivity contribution in [2.24, 2.45) is 0 Å². The Hall–Kier alpha value is -4.04.